The molecule has 3 heteroatoms. The first kappa shape index (κ1) is 10.7. The molecule has 3 nitrogen and oxygen atoms in total. The van der Waals surface area contributed by atoms with Crippen molar-refractivity contribution in [1.82, 2.24) is 4.90 Å². The van der Waals surface area contributed by atoms with Crippen molar-refractivity contribution in [2.24, 2.45) is 0 Å². The van der Waals surface area contributed by atoms with Crippen LogP contribution in [0.2, 0.25) is 0 Å². The summed E-state index contributed by atoms with van der Waals surface area (Å²) in [6, 6.07) is 0. The van der Waals surface area contributed by atoms with E-state index >= 15 is 0 Å². The van der Waals surface area contributed by atoms with Crippen molar-refractivity contribution in [3.8, 4) is 0 Å². The Balaban J connectivity index is 2.58. The highest BCUT2D eigenvalue weighted by molar-refractivity contribution is 5.63. The van der Waals surface area contributed by atoms with Crippen molar-refractivity contribution in [1.29, 1.82) is 0 Å². The third-order valence-corrected chi connectivity index (χ3v) is 2.66. The number of carbonyl (C=O) groups is 1. The number of nitrogens with zero attached hydrogens (tertiary/aromatic N) is 1. The van der Waals surface area contributed by atoms with Crippen LogP contribution in [0.3, 0.4) is 0 Å². The Labute approximate surface area is 80.1 Å². The van der Waals surface area contributed by atoms with Crippen LogP contribution in [0, 0.1) is 0 Å². The van der Waals surface area contributed by atoms with E-state index < -0.39 is 5.60 Å². The van der Waals surface area contributed by atoms with Crippen molar-refractivity contribution >= 4 is 6.29 Å². The van der Waals surface area contributed by atoms with Gasteiger partial charge in [0.05, 0.1) is 0 Å². The lowest BCUT2D eigenvalue weighted by atomic mass is 9.94. The van der Waals surface area contributed by atoms with Gasteiger partial charge in [-0.05, 0) is 32.9 Å². The van der Waals surface area contributed by atoms with Gasteiger partial charge in [-0.15, -0.1) is 0 Å². The van der Waals surface area contributed by atoms with Gasteiger partial charge in [-0.3, -0.25) is 0 Å². The Morgan fingerprint density at radius 2 is 2.31 bits per heavy atom. The zero-order chi connectivity index (χ0) is 9.73. The van der Waals surface area contributed by atoms with Crippen LogP contribution in [0.5, 0.6) is 0 Å². The molecule has 1 unspecified atom stereocenters. The van der Waals surface area contributed by atoms with Gasteiger partial charge >= 0.3 is 0 Å². The molecule has 0 radical (unpaired) electrons. The Morgan fingerprint density at radius 1 is 1.54 bits per heavy atom. The standard InChI is InChI=1S/C10H19NO2/c1-3-11-7-5-6-10(8-11,9-12)13-4-2/h9H,3-8H2,1-2H3. The third-order valence-electron chi connectivity index (χ3n) is 2.66. The van der Waals surface area contributed by atoms with Crippen LogP contribution in [-0.2, 0) is 9.53 Å². The zero-order valence-corrected chi connectivity index (χ0v) is 8.58. The van der Waals surface area contributed by atoms with Gasteiger partial charge in [0.1, 0.15) is 5.60 Å². The molecule has 1 aliphatic heterocycles. The van der Waals surface area contributed by atoms with E-state index in [1.807, 2.05) is 6.92 Å². The average molecular weight is 185 g/mol. The molecule has 0 bridgehead atoms. The maximum atomic E-state index is 11.0. The number of likely N-dealkylation sites (N-methyl/N-ethyl adjacent to an activating group) is 1. The summed E-state index contributed by atoms with van der Waals surface area (Å²) in [5.74, 6) is 0. The SMILES string of the molecule is CCOC1(C=O)CCCN(CC)C1. The van der Waals surface area contributed by atoms with Gasteiger partial charge in [0.15, 0.2) is 6.29 Å². The van der Waals surface area contributed by atoms with Crippen LogP contribution in [-0.4, -0.2) is 43.0 Å². The Bertz CT molecular complexity index is 168. The summed E-state index contributed by atoms with van der Waals surface area (Å²) in [5, 5.41) is 0. The summed E-state index contributed by atoms with van der Waals surface area (Å²) in [4.78, 5) is 13.3. The number of likely N-dealkylation sites (tertiary alicyclic amines) is 1. The predicted octanol–water partition coefficient (Wildman–Crippen LogP) is 1.08. The fourth-order valence-corrected chi connectivity index (χ4v) is 1.94. The lowest BCUT2D eigenvalue weighted by molar-refractivity contribution is -0.138. The van der Waals surface area contributed by atoms with E-state index in [1.165, 1.54) is 0 Å². The molecule has 0 aromatic heterocycles. The minimum absolute atomic E-state index is 0.511. The molecule has 0 saturated carbocycles. The van der Waals surface area contributed by atoms with Crippen molar-refractivity contribution < 1.29 is 9.53 Å². The summed E-state index contributed by atoms with van der Waals surface area (Å²) in [5.41, 5.74) is -0.511. The van der Waals surface area contributed by atoms with Gasteiger partial charge in [0, 0.05) is 13.2 Å². The van der Waals surface area contributed by atoms with Crippen LogP contribution >= 0.6 is 0 Å². The van der Waals surface area contributed by atoms with Crippen LogP contribution in [0.15, 0.2) is 0 Å². The molecule has 0 amide bonds. The lowest BCUT2D eigenvalue weighted by Gasteiger charge is -2.38. The van der Waals surface area contributed by atoms with Gasteiger partial charge in [-0.1, -0.05) is 6.92 Å². The van der Waals surface area contributed by atoms with Gasteiger partial charge in [-0.25, -0.2) is 0 Å². The summed E-state index contributed by atoms with van der Waals surface area (Å²) in [6.07, 6.45) is 2.92. The summed E-state index contributed by atoms with van der Waals surface area (Å²) in [6.45, 7) is 7.54. The topological polar surface area (TPSA) is 29.5 Å². The smallest absolute Gasteiger partial charge is 0.153 e. The molecule has 0 spiro atoms. The van der Waals surface area contributed by atoms with Crippen molar-refractivity contribution in [3.63, 3.8) is 0 Å². The molecule has 76 valence electrons. The second-order valence-corrected chi connectivity index (χ2v) is 3.59. The molecular formula is C10H19NO2. The minimum atomic E-state index is -0.511. The fraction of sp³-hybridized carbons (Fsp3) is 0.900. The van der Waals surface area contributed by atoms with Crippen molar-refractivity contribution in [2.75, 3.05) is 26.2 Å². The molecule has 1 aliphatic rings. The fourth-order valence-electron chi connectivity index (χ4n) is 1.94. The Kier molecular flexibility index (Phi) is 3.88. The molecule has 1 rings (SSSR count). The number of piperidine rings is 1. The molecule has 1 saturated heterocycles. The predicted molar refractivity (Wildman–Crippen MR) is 51.8 cm³/mol. The molecule has 1 fully saturated rings. The van der Waals surface area contributed by atoms with Gasteiger partial charge in [0.25, 0.3) is 0 Å². The van der Waals surface area contributed by atoms with E-state index in [4.69, 9.17) is 4.74 Å². The molecule has 13 heavy (non-hydrogen) atoms. The number of hydrogen-bond acceptors (Lipinski definition) is 3. The Morgan fingerprint density at radius 3 is 2.85 bits per heavy atom. The largest absolute Gasteiger partial charge is 0.366 e. The third kappa shape index (κ3) is 2.51. The van der Waals surface area contributed by atoms with E-state index in [2.05, 4.69) is 11.8 Å². The van der Waals surface area contributed by atoms with E-state index in [-0.39, 0.29) is 0 Å². The van der Waals surface area contributed by atoms with Crippen molar-refractivity contribution in [3.05, 3.63) is 0 Å². The molecule has 0 N–H and O–H groups in total. The molecule has 1 atom stereocenters. The lowest BCUT2D eigenvalue weighted by Crippen LogP contribution is -2.50. The zero-order valence-electron chi connectivity index (χ0n) is 8.58. The first-order chi connectivity index (χ1) is 6.26. The summed E-state index contributed by atoms with van der Waals surface area (Å²) >= 11 is 0. The second-order valence-electron chi connectivity index (χ2n) is 3.59. The number of rotatable bonds is 4. The van der Waals surface area contributed by atoms with E-state index in [0.29, 0.717) is 6.61 Å². The number of hydrogen-bond donors (Lipinski definition) is 0. The minimum Gasteiger partial charge on any atom is -0.366 e. The van der Waals surface area contributed by atoms with Crippen LogP contribution < -0.4 is 0 Å². The van der Waals surface area contributed by atoms with E-state index in [0.717, 1.165) is 38.8 Å². The molecular weight excluding hydrogens is 166 g/mol. The maximum Gasteiger partial charge on any atom is 0.153 e. The van der Waals surface area contributed by atoms with E-state index in [1.54, 1.807) is 0 Å². The monoisotopic (exact) mass is 185 g/mol. The van der Waals surface area contributed by atoms with Gasteiger partial charge < -0.3 is 14.4 Å². The molecule has 0 aromatic carbocycles. The van der Waals surface area contributed by atoms with Crippen molar-refractivity contribution in [2.45, 2.75) is 32.3 Å². The highest BCUT2D eigenvalue weighted by Crippen LogP contribution is 2.22. The van der Waals surface area contributed by atoms with Crippen LogP contribution in [0.4, 0.5) is 0 Å². The quantitative estimate of drug-likeness (QED) is 0.614. The second kappa shape index (κ2) is 4.72. The first-order valence-corrected chi connectivity index (χ1v) is 5.09. The van der Waals surface area contributed by atoms with Gasteiger partial charge in [0.2, 0.25) is 0 Å². The molecule has 1 heterocycles. The van der Waals surface area contributed by atoms with E-state index in [9.17, 15) is 4.79 Å². The molecule has 0 aliphatic carbocycles. The summed E-state index contributed by atoms with van der Waals surface area (Å²) in [7, 11) is 0. The normalized spacial score (nSPS) is 30.3. The average Bonchev–Trinajstić information content (AvgIpc) is 2.19. The highest BCUT2D eigenvalue weighted by atomic mass is 16.5. The number of ether oxygens (including phenoxy) is 1. The summed E-state index contributed by atoms with van der Waals surface area (Å²) < 4.78 is 5.54. The first-order valence-electron chi connectivity index (χ1n) is 5.09. The van der Waals surface area contributed by atoms with Gasteiger partial charge in [-0.2, -0.15) is 0 Å². The Hall–Kier alpha value is -0.410. The van der Waals surface area contributed by atoms with Crippen LogP contribution in [0.1, 0.15) is 26.7 Å². The number of aldehydes is 1. The highest BCUT2D eigenvalue weighted by Gasteiger charge is 2.35. The maximum absolute atomic E-state index is 11.0. The molecule has 0 aromatic rings. The number of carbonyl (C=O) groups excluding carboxylic acids is 1. The van der Waals surface area contributed by atoms with Crippen LogP contribution in [0.25, 0.3) is 0 Å².